The molecule has 0 N–H and O–H groups in total. The molecule has 1 aromatic heterocycles. The Morgan fingerprint density at radius 1 is 1.08 bits per heavy atom. The lowest BCUT2D eigenvalue weighted by Gasteiger charge is -2.15. The number of thiazole rings is 1. The second-order valence-corrected chi connectivity index (χ2v) is 8.15. The van der Waals surface area contributed by atoms with E-state index >= 15 is 0 Å². The number of hydrogen-bond acceptors (Lipinski definition) is 2. The predicted octanol–water partition coefficient (Wildman–Crippen LogP) is 4.96. The van der Waals surface area contributed by atoms with Gasteiger partial charge in [-0.15, -0.1) is 0 Å². The second-order valence-electron chi connectivity index (χ2n) is 7.14. The first-order valence-corrected chi connectivity index (χ1v) is 10.2. The highest BCUT2D eigenvalue weighted by Gasteiger charge is 2.13. The van der Waals surface area contributed by atoms with Crippen molar-refractivity contribution in [2.45, 2.75) is 53.0 Å². The van der Waals surface area contributed by atoms with Crippen LogP contribution in [-0.4, -0.2) is 10.5 Å². The number of amides is 1. The minimum Gasteiger partial charge on any atom is -0.317 e. The van der Waals surface area contributed by atoms with Gasteiger partial charge in [-0.3, -0.25) is 4.79 Å². The van der Waals surface area contributed by atoms with Crippen LogP contribution in [0, 0.1) is 13.8 Å². The van der Waals surface area contributed by atoms with Crippen LogP contribution in [0.1, 0.15) is 52.4 Å². The van der Waals surface area contributed by atoms with Crippen molar-refractivity contribution in [3.63, 3.8) is 0 Å². The molecule has 1 amide bonds. The number of aromatic nitrogens is 1. The van der Waals surface area contributed by atoms with Gasteiger partial charge in [0.15, 0.2) is 4.80 Å². The fourth-order valence-corrected chi connectivity index (χ4v) is 4.90. The molecule has 0 spiro atoms. The molecule has 134 valence electrons. The summed E-state index contributed by atoms with van der Waals surface area (Å²) >= 11 is 1.60. The van der Waals surface area contributed by atoms with Gasteiger partial charge in [0, 0.05) is 12.1 Å². The van der Waals surface area contributed by atoms with Gasteiger partial charge in [-0.2, -0.15) is 4.99 Å². The molecule has 1 aliphatic carbocycles. The van der Waals surface area contributed by atoms with Gasteiger partial charge in [0.25, 0.3) is 5.91 Å². The van der Waals surface area contributed by atoms with Crippen LogP contribution in [0.4, 0.5) is 0 Å². The van der Waals surface area contributed by atoms with Gasteiger partial charge in [-0.1, -0.05) is 17.4 Å². The van der Waals surface area contributed by atoms with Gasteiger partial charge in [0.05, 0.1) is 10.2 Å². The summed E-state index contributed by atoms with van der Waals surface area (Å²) in [4.78, 5) is 18.1. The van der Waals surface area contributed by atoms with E-state index in [2.05, 4.69) is 54.6 Å². The zero-order valence-corrected chi connectivity index (χ0v) is 16.4. The Kier molecular flexibility index (Phi) is 4.53. The zero-order chi connectivity index (χ0) is 18.3. The van der Waals surface area contributed by atoms with Crippen LogP contribution < -0.4 is 4.80 Å². The largest absolute Gasteiger partial charge is 0.317 e. The smallest absolute Gasteiger partial charge is 0.279 e. The molecule has 0 atom stereocenters. The highest BCUT2D eigenvalue weighted by atomic mass is 32.1. The number of carbonyl (C=O) groups is 1. The van der Waals surface area contributed by atoms with Crippen molar-refractivity contribution in [1.82, 2.24) is 4.57 Å². The first kappa shape index (κ1) is 17.2. The minimum absolute atomic E-state index is 0.138. The molecule has 0 unspecified atom stereocenters. The van der Waals surface area contributed by atoms with Gasteiger partial charge in [-0.25, -0.2) is 0 Å². The summed E-state index contributed by atoms with van der Waals surface area (Å²) in [5, 5.41) is 0. The van der Waals surface area contributed by atoms with E-state index < -0.39 is 0 Å². The third kappa shape index (κ3) is 3.03. The first-order chi connectivity index (χ1) is 12.6. The molecule has 0 radical (unpaired) electrons. The number of carbonyl (C=O) groups excluding carboxylic acids is 1. The van der Waals surface area contributed by atoms with Crippen molar-refractivity contribution in [3.8, 4) is 0 Å². The van der Waals surface area contributed by atoms with Crippen LogP contribution in [0.15, 0.2) is 35.3 Å². The van der Waals surface area contributed by atoms with E-state index in [4.69, 9.17) is 0 Å². The van der Waals surface area contributed by atoms with Crippen molar-refractivity contribution in [3.05, 3.63) is 63.0 Å². The molecule has 4 heteroatoms. The van der Waals surface area contributed by atoms with E-state index in [1.165, 1.54) is 39.8 Å². The summed E-state index contributed by atoms with van der Waals surface area (Å²) in [6, 6.07) is 10.5. The minimum atomic E-state index is -0.138. The van der Waals surface area contributed by atoms with E-state index in [9.17, 15) is 4.79 Å². The van der Waals surface area contributed by atoms with Crippen LogP contribution in [-0.2, 0) is 19.4 Å². The van der Waals surface area contributed by atoms with E-state index in [1.807, 2.05) is 6.07 Å². The highest BCUT2D eigenvalue weighted by molar-refractivity contribution is 7.16. The van der Waals surface area contributed by atoms with Gasteiger partial charge in [-0.05, 0) is 93.0 Å². The number of aryl methyl sites for hydroxylation is 5. The lowest BCUT2D eigenvalue weighted by atomic mass is 9.90. The van der Waals surface area contributed by atoms with Crippen LogP contribution in [0.25, 0.3) is 10.2 Å². The van der Waals surface area contributed by atoms with E-state index in [1.54, 1.807) is 11.3 Å². The summed E-state index contributed by atoms with van der Waals surface area (Å²) in [7, 11) is 0. The number of hydrogen-bond donors (Lipinski definition) is 0. The van der Waals surface area contributed by atoms with Crippen molar-refractivity contribution >= 4 is 27.5 Å². The molecule has 26 heavy (non-hydrogen) atoms. The fourth-order valence-electron chi connectivity index (χ4n) is 3.73. The molecule has 3 nitrogen and oxygen atoms in total. The maximum Gasteiger partial charge on any atom is 0.279 e. The normalized spacial score (nSPS) is 14.7. The molecule has 1 aliphatic rings. The zero-order valence-electron chi connectivity index (χ0n) is 15.6. The maximum atomic E-state index is 12.8. The van der Waals surface area contributed by atoms with Crippen molar-refractivity contribution < 1.29 is 4.79 Å². The van der Waals surface area contributed by atoms with Crippen molar-refractivity contribution in [1.29, 1.82) is 0 Å². The molecule has 0 saturated carbocycles. The quantitative estimate of drug-likeness (QED) is 0.633. The monoisotopic (exact) mass is 364 g/mol. The Bertz CT molecular complexity index is 1070. The lowest BCUT2D eigenvalue weighted by molar-refractivity contribution is 0.0997. The van der Waals surface area contributed by atoms with Gasteiger partial charge in [0.1, 0.15) is 0 Å². The Balaban J connectivity index is 1.79. The summed E-state index contributed by atoms with van der Waals surface area (Å²) in [5.74, 6) is -0.138. The SMILES string of the molecule is CCn1c(=NC(=O)c2ccc3c(c2)CCCC3)sc2cc(C)c(C)cc21. The molecule has 3 aromatic rings. The van der Waals surface area contributed by atoms with E-state index in [-0.39, 0.29) is 5.91 Å². The summed E-state index contributed by atoms with van der Waals surface area (Å²) in [6.45, 7) is 7.16. The molecule has 1 heterocycles. The summed E-state index contributed by atoms with van der Waals surface area (Å²) < 4.78 is 3.33. The van der Waals surface area contributed by atoms with Crippen molar-refractivity contribution in [2.75, 3.05) is 0 Å². The number of rotatable bonds is 2. The Morgan fingerprint density at radius 3 is 2.58 bits per heavy atom. The number of benzene rings is 2. The topological polar surface area (TPSA) is 34.4 Å². The molecule has 0 saturated heterocycles. The second kappa shape index (κ2) is 6.84. The standard InChI is InChI=1S/C22H24N2OS/c1-4-24-19-11-14(2)15(3)12-20(19)26-22(24)23-21(25)18-10-9-16-7-5-6-8-17(16)13-18/h9-13H,4-8H2,1-3H3. The molecule has 0 fully saturated rings. The van der Waals surface area contributed by atoms with Crippen molar-refractivity contribution in [2.24, 2.45) is 4.99 Å². The Labute approximate surface area is 158 Å². The first-order valence-electron chi connectivity index (χ1n) is 9.38. The Hall–Kier alpha value is -2.20. The third-order valence-corrected chi connectivity index (χ3v) is 6.45. The van der Waals surface area contributed by atoms with Gasteiger partial charge in [0.2, 0.25) is 0 Å². The lowest BCUT2D eigenvalue weighted by Crippen LogP contribution is -2.16. The summed E-state index contributed by atoms with van der Waals surface area (Å²) in [5.41, 5.74) is 7.13. The summed E-state index contributed by atoms with van der Waals surface area (Å²) in [6.07, 6.45) is 4.67. The molecule has 4 rings (SSSR count). The number of nitrogens with zero attached hydrogens (tertiary/aromatic N) is 2. The average Bonchev–Trinajstić information content (AvgIpc) is 2.97. The molecule has 0 aliphatic heterocycles. The van der Waals surface area contributed by atoms with Crippen LogP contribution in [0.5, 0.6) is 0 Å². The fraction of sp³-hybridized carbons (Fsp3) is 0.364. The van der Waals surface area contributed by atoms with Crippen LogP contribution in [0.2, 0.25) is 0 Å². The molecule has 2 aromatic carbocycles. The van der Waals surface area contributed by atoms with E-state index in [0.717, 1.165) is 29.7 Å². The number of fused-ring (bicyclic) bond motifs is 2. The molecular weight excluding hydrogens is 340 g/mol. The maximum absolute atomic E-state index is 12.8. The van der Waals surface area contributed by atoms with Crippen LogP contribution in [0.3, 0.4) is 0 Å². The highest BCUT2D eigenvalue weighted by Crippen LogP contribution is 2.24. The Morgan fingerprint density at radius 2 is 1.81 bits per heavy atom. The predicted molar refractivity (Wildman–Crippen MR) is 108 cm³/mol. The molecule has 0 bridgehead atoms. The van der Waals surface area contributed by atoms with Crippen LogP contribution >= 0.6 is 11.3 Å². The molecular formula is C22H24N2OS. The average molecular weight is 365 g/mol. The van der Waals surface area contributed by atoms with E-state index in [0.29, 0.717) is 5.56 Å². The van der Waals surface area contributed by atoms with Gasteiger partial charge >= 0.3 is 0 Å². The van der Waals surface area contributed by atoms with Gasteiger partial charge < -0.3 is 4.57 Å². The third-order valence-electron chi connectivity index (χ3n) is 5.41.